The predicted molar refractivity (Wildman–Crippen MR) is 97.6 cm³/mol. The fourth-order valence-corrected chi connectivity index (χ4v) is 3.02. The van der Waals surface area contributed by atoms with E-state index < -0.39 is 0 Å². The van der Waals surface area contributed by atoms with E-state index in [0.29, 0.717) is 4.96 Å². The van der Waals surface area contributed by atoms with E-state index in [4.69, 9.17) is 0 Å². The third kappa shape index (κ3) is 3.46. The van der Waals surface area contributed by atoms with Crippen molar-refractivity contribution in [1.29, 1.82) is 0 Å². The number of hydrogen-bond donors (Lipinski definition) is 2. The third-order valence-corrected chi connectivity index (χ3v) is 4.41. The summed E-state index contributed by atoms with van der Waals surface area (Å²) in [4.78, 5) is 27.5. The van der Waals surface area contributed by atoms with Crippen LogP contribution in [0.1, 0.15) is 13.8 Å². The summed E-state index contributed by atoms with van der Waals surface area (Å²) in [5.41, 5.74) is 2.53. The van der Waals surface area contributed by atoms with Crippen LogP contribution < -0.4 is 10.6 Å². The van der Waals surface area contributed by atoms with E-state index in [9.17, 15) is 9.59 Å². The van der Waals surface area contributed by atoms with Gasteiger partial charge in [-0.05, 0) is 19.1 Å². The number of benzene rings is 1. The summed E-state index contributed by atoms with van der Waals surface area (Å²) in [6.45, 7) is 3.20. The highest BCUT2D eigenvalue weighted by molar-refractivity contribution is 9.10. The zero-order chi connectivity index (χ0) is 17.3. The maximum Gasteiger partial charge on any atom is 0.250 e. The van der Waals surface area contributed by atoms with Gasteiger partial charge in [0.2, 0.25) is 22.7 Å². The normalized spacial score (nSPS) is 12.1. The van der Waals surface area contributed by atoms with Gasteiger partial charge in [0.1, 0.15) is 0 Å². The summed E-state index contributed by atoms with van der Waals surface area (Å²) in [7, 11) is 0. The highest BCUT2D eigenvalue weighted by Gasteiger charge is 2.15. The summed E-state index contributed by atoms with van der Waals surface area (Å²) in [5.74, 6) is -0.0397. The maximum atomic E-state index is 11.7. The van der Waals surface area contributed by atoms with Gasteiger partial charge in [-0.2, -0.15) is 4.98 Å². The van der Waals surface area contributed by atoms with Gasteiger partial charge in [0.15, 0.2) is 0 Å². The standard InChI is InChI=1S/C15H14BrN5O2S/c1-8(16)13(23)18-14-19-15-21(20-14)12(7-24-15)10-3-5-11(6-4-10)17-9(2)22/h3-8H,1-2H3,(H,17,22)(H,18,20,23). The molecule has 2 aromatic heterocycles. The lowest BCUT2D eigenvalue weighted by molar-refractivity contribution is -0.115. The molecule has 1 atom stereocenters. The number of rotatable bonds is 4. The van der Waals surface area contributed by atoms with E-state index in [0.717, 1.165) is 16.9 Å². The third-order valence-electron chi connectivity index (χ3n) is 3.18. The molecular formula is C15H14BrN5O2S. The minimum absolute atomic E-state index is 0.113. The molecule has 1 aromatic carbocycles. The van der Waals surface area contributed by atoms with Crippen molar-refractivity contribution < 1.29 is 9.59 Å². The Balaban J connectivity index is 1.88. The van der Waals surface area contributed by atoms with Gasteiger partial charge in [0, 0.05) is 23.6 Å². The number of nitrogens with zero attached hydrogens (tertiary/aromatic N) is 3. The van der Waals surface area contributed by atoms with E-state index in [1.807, 2.05) is 29.6 Å². The molecule has 0 aliphatic carbocycles. The Labute approximate surface area is 150 Å². The Morgan fingerprint density at radius 1 is 1.25 bits per heavy atom. The van der Waals surface area contributed by atoms with Crippen LogP contribution in [0.5, 0.6) is 0 Å². The zero-order valence-electron chi connectivity index (χ0n) is 12.9. The molecule has 3 aromatic rings. The van der Waals surface area contributed by atoms with Crippen LogP contribution >= 0.6 is 27.3 Å². The molecule has 24 heavy (non-hydrogen) atoms. The van der Waals surface area contributed by atoms with Crippen molar-refractivity contribution >= 4 is 55.7 Å². The zero-order valence-corrected chi connectivity index (χ0v) is 15.3. The number of thiazole rings is 1. The highest BCUT2D eigenvalue weighted by Crippen LogP contribution is 2.27. The van der Waals surface area contributed by atoms with E-state index in [1.165, 1.54) is 18.3 Å². The van der Waals surface area contributed by atoms with E-state index >= 15 is 0 Å². The Hall–Kier alpha value is -2.26. The van der Waals surface area contributed by atoms with Crippen molar-refractivity contribution in [2.24, 2.45) is 0 Å². The molecule has 0 saturated heterocycles. The first kappa shape index (κ1) is 16.6. The molecule has 2 amide bonds. The first-order valence-corrected chi connectivity index (χ1v) is 8.91. The molecule has 0 radical (unpaired) electrons. The van der Waals surface area contributed by atoms with Gasteiger partial charge in [-0.15, -0.1) is 16.4 Å². The molecule has 3 rings (SSSR count). The smallest absolute Gasteiger partial charge is 0.250 e. The van der Waals surface area contributed by atoms with E-state index in [-0.39, 0.29) is 22.6 Å². The molecular weight excluding hydrogens is 394 g/mol. The number of anilines is 2. The molecule has 0 spiro atoms. The van der Waals surface area contributed by atoms with Crippen LogP contribution in [-0.2, 0) is 9.59 Å². The van der Waals surface area contributed by atoms with Gasteiger partial charge in [-0.25, -0.2) is 4.52 Å². The van der Waals surface area contributed by atoms with Crippen LogP contribution in [0.25, 0.3) is 16.2 Å². The quantitative estimate of drug-likeness (QED) is 0.650. The molecule has 0 saturated carbocycles. The summed E-state index contributed by atoms with van der Waals surface area (Å²) in [6, 6.07) is 7.44. The molecule has 9 heteroatoms. The van der Waals surface area contributed by atoms with Crippen molar-refractivity contribution in [3.63, 3.8) is 0 Å². The summed E-state index contributed by atoms with van der Waals surface area (Å²) >= 11 is 4.64. The number of carbonyl (C=O) groups is 2. The van der Waals surface area contributed by atoms with Gasteiger partial charge in [-0.1, -0.05) is 28.1 Å². The van der Waals surface area contributed by atoms with Crippen LogP contribution in [-0.4, -0.2) is 31.2 Å². The Kier molecular flexibility index (Phi) is 4.63. The van der Waals surface area contributed by atoms with Crippen LogP contribution in [0.4, 0.5) is 11.6 Å². The maximum absolute atomic E-state index is 11.7. The van der Waals surface area contributed by atoms with Crippen molar-refractivity contribution in [1.82, 2.24) is 14.6 Å². The summed E-state index contributed by atoms with van der Waals surface area (Å²) in [6.07, 6.45) is 0. The number of amides is 2. The number of alkyl halides is 1. The fourth-order valence-electron chi connectivity index (χ4n) is 2.07. The lowest BCUT2D eigenvalue weighted by Crippen LogP contribution is -2.20. The molecule has 7 nitrogen and oxygen atoms in total. The molecule has 0 fully saturated rings. The average molecular weight is 408 g/mol. The fraction of sp³-hybridized carbons (Fsp3) is 0.200. The molecule has 1 unspecified atom stereocenters. The Morgan fingerprint density at radius 2 is 1.96 bits per heavy atom. The van der Waals surface area contributed by atoms with E-state index in [1.54, 1.807) is 11.4 Å². The second-order valence-electron chi connectivity index (χ2n) is 5.11. The van der Waals surface area contributed by atoms with Gasteiger partial charge in [0.25, 0.3) is 0 Å². The lowest BCUT2D eigenvalue weighted by Gasteiger charge is -2.04. The number of fused-ring (bicyclic) bond motifs is 1. The number of hydrogen-bond acceptors (Lipinski definition) is 5. The molecule has 124 valence electrons. The van der Waals surface area contributed by atoms with Crippen molar-refractivity contribution in [2.45, 2.75) is 18.7 Å². The summed E-state index contributed by atoms with van der Waals surface area (Å²) < 4.78 is 1.69. The topological polar surface area (TPSA) is 88.4 Å². The number of halogens is 1. The number of nitrogens with one attached hydrogen (secondary N) is 2. The average Bonchev–Trinajstić information content (AvgIpc) is 3.07. The lowest BCUT2D eigenvalue weighted by atomic mass is 10.1. The monoisotopic (exact) mass is 407 g/mol. The first-order chi connectivity index (χ1) is 11.4. The number of aromatic nitrogens is 3. The predicted octanol–water partition coefficient (Wildman–Crippen LogP) is 3.14. The van der Waals surface area contributed by atoms with Gasteiger partial charge >= 0.3 is 0 Å². The van der Waals surface area contributed by atoms with Crippen LogP contribution in [0.2, 0.25) is 0 Å². The number of carbonyl (C=O) groups excluding carboxylic acids is 2. The second-order valence-corrected chi connectivity index (χ2v) is 7.32. The molecule has 0 aliphatic rings. The molecule has 0 bridgehead atoms. The minimum atomic E-state index is -0.320. The first-order valence-electron chi connectivity index (χ1n) is 7.11. The Bertz CT molecular complexity index is 900. The van der Waals surface area contributed by atoms with Crippen molar-refractivity contribution in [3.05, 3.63) is 29.6 Å². The van der Waals surface area contributed by atoms with Crippen LogP contribution in [0, 0.1) is 0 Å². The second kappa shape index (κ2) is 6.70. The summed E-state index contributed by atoms with van der Waals surface area (Å²) in [5, 5.41) is 11.7. The van der Waals surface area contributed by atoms with Crippen LogP contribution in [0.15, 0.2) is 29.6 Å². The van der Waals surface area contributed by atoms with Crippen molar-refractivity contribution in [2.75, 3.05) is 10.6 Å². The SMILES string of the molecule is CC(=O)Nc1ccc(-c2csc3nc(NC(=O)C(C)Br)nn23)cc1. The van der Waals surface area contributed by atoms with Crippen molar-refractivity contribution in [3.8, 4) is 11.3 Å². The highest BCUT2D eigenvalue weighted by atomic mass is 79.9. The Morgan fingerprint density at radius 3 is 2.58 bits per heavy atom. The van der Waals surface area contributed by atoms with E-state index in [2.05, 4.69) is 36.6 Å². The largest absolute Gasteiger partial charge is 0.326 e. The molecule has 2 N–H and O–H groups in total. The minimum Gasteiger partial charge on any atom is -0.326 e. The van der Waals surface area contributed by atoms with Gasteiger partial charge in [0.05, 0.1) is 10.5 Å². The van der Waals surface area contributed by atoms with Crippen LogP contribution in [0.3, 0.4) is 0 Å². The molecule has 2 heterocycles. The molecule has 0 aliphatic heterocycles. The van der Waals surface area contributed by atoms with Gasteiger partial charge in [-0.3, -0.25) is 14.9 Å². The van der Waals surface area contributed by atoms with Gasteiger partial charge < -0.3 is 5.32 Å².